The van der Waals surface area contributed by atoms with Gasteiger partial charge in [-0.15, -0.1) is 11.3 Å². The van der Waals surface area contributed by atoms with Crippen LogP contribution in [0.4, 0.5) is 5.00 Å². The van der Waals surface area contributed by atoms with Crippen LogP contribution in [0.15, 0.2) is 48.5 Å². The average Bonchev–Trinajstić information content (AvgIpc) is 3.05. The Kier molecular flexibility index (Phi) is 7.31. The Morgan fingerprint density at radius 1 is 1.17 bits per heavy atom. The average molecular weight is 448 g/mol. The van der Waals surface area contributed by atoms with E-state index in [1.54, 1.807) is 24.3 Å². The summed E-state index contributed by atoms with van der Waals surface area (Å²) in [7, 11) is 0. The van der Waals surface area contributed by atoms with Crippen molar-refractivity contribution in [2.75, 3.05) is 11.9 Å². The van der Waals surface area contributed by atoms with Crippen molar-refractivity contribution in [3.05, 3.63) is 69.7 Å². The van der Waals surface area contributed by atoms with Crippen molar-refractivity contribution >= 4 is 67.6 Å². The number of fused-ring (bicyclic) bond motifs is 1. The van der Waals surface area contributed by atoms with Crippen molar-refractivity contribution in [2.24, 2.45) is 0 Å². The van der Waals surface area contributed by atoms with E-state index in [2.05, 4.69) is 5.32 Å². The van der Waals surface area contributed by atoms with Gasteiger partial charge in [0.1, 0.15) is 10.6 Å². The van der Waals surface area contributed by atoms with E-state index in [4.69, 9.17) is 27.9 Å². The summed E-state index contributed by atoms with van der Waals surface area (Å²) in [6, 6.07) is 12.5. The fourth-order valence-corrected chi connectivity index (χ4v) is 4.24. The highest BCUT2D eigenvalue weighted by Gasteiger charge is 2.21. The quantitative estimate of drug-likeness (QED) is 0.245. The van der Waals surface area contributed by atoms with Crippen LogP contribution in [-0.2, 0) is 9.53 Å². The molecule has 1 amide bonds. The molecule has 1 heterocycles. The molecule has 3 rings (SSSR count). The fourth-order valence-electron chi connectivity index (χ4n) is 2.67. The second-order valence-electron chi connectivity index (χ2n) is 6.28. The van der Waals surface area contributed by atoms with Gasteiger partial charge in [0.25, 0.3) is 0 Å². The molecular formula is C22H19Cl2NO3S. The van der Waals surface area contributed by atoms with Gasteiger partial charge in [0.15, 0.2) is 0 Å². The highest BCUT2D eigenvalue weighted by molar-refractivity contribution is 7.23. The molecule has 1 aromatic heterocycles. The van der Waals surface area contributed by atoms with Gasteiger partial charge in [0.2, 0.25) is 5.91 Å². The number of carbonyl (C=O) groups excluding carboxylic acids is 2. The molecule has 0 saturated carbocycles. The summed E-state index contributed by atoms with van der Waals surface area (Å²) in [6.07, 6.45) is 4.69. The maximum atomic E-state index is 12.6. The molecule has 0 aliphatic carbocycles. The predicted molar refractivity (Wildman–Crippen MR) is 121 cm³/mol. The van der Waals surface area contributed by atoms with Crippen LogP contribution in [-0.4, -0.2) is 18.5 Å². The second kappa shape index (κ2) is 9.92. The SMILES string of the molecule is CCCCOC(=O)c1c(NC(=O)C=Cc2ccc(Cl)cc2Cl)sc2ccccc12. The normalized spacial score (nSPS) is 11.1. The topological polar surface area (TPSA) is 55.4 Å². The van der Waals surface area contributed by atoms with Crippen LogP contribution in [0.3, 0.4) is 0 Å². The monoisotopic (exact) mass is 447 g/mol. The third kappa shape index (κ3) is 5.38. The molecule has 0 atom stereocenters. The third-order valence-electron chi connectivity index (χ3n) is 4.14. The lowest BCUT2D eigenvalue weighted by atomic mass is 10.1. The number of amides is 1. The Morgan fingerprint density at radius 3 is 2.72 bits per heavy atom. The zero-order valence-corrected chi connectivity index (χ0v) is 18.0. The van der Waals surface area contributed by atoms with E-state index in [0.29, 0.717) is 32.8 Å². The van der Waals surface area contributed by atoms with Crippen molar-refractivity contribution in [3.63, 3.8) is 0 Å². The number of carbonyl (C=O) groups is 2. The predicted octanol–water partition coefficient (Wildman–Crippen LogP) is 6.82. The van der Waals surface area contributed by atoms with Crippen molar-refractivity contribution in [3.8, 4) is 0 Å². The number of unbranched alkanes of at least 4 members (excludes halogenated alkanes) is 1. The van der Waals surface area contributed by atoms with Crippen LogP contribution in [0.1, 0.15) is 35.7 Å². The zero-order chi connectivity index (χ0) is 20.8. The Balaban J connectivity index is 1.83. The number of thiophene rings is 1. The van der Waals surface area contributed by atoms with Crippen molar-refractivity contribution in [1.82, 2.24) is 0 Å². The Bertz CT molecular complexity index is 1080. The van der Waals surface area contributed by atoms with E-state index in [-0.39, 0.29) is 5.91 Å². The van der Waals surface area contributed by atoms with Crippen LogP contribution < -0.4 is 5.32 Å². The zero-order valence-electron chi connectivity index (χ0n) is 15.7. The maximum absolute atomic E-state index is 12.6. The fraction of sp³-hybridized carbons (Fsp3) is 0.182. The lowest BCUT2D eigenvalue weighted by Crippen LogP contribution is -2.12. The van der Waals surface area contributed by atoms with Gasteiger partial charge >= 0.3 is 5.97 Å². The summed E-state index contributed by atoms with van der Waals surface area (Å²) >= 11 is 13.4. The summed E-state index contributed by atoms with van der Waals surface area (Å²) in [5, 5.41) is 4.99. The van der Waals surface area contributed by atoms with Gasteiger partial charge in [-0.2, -0.15) is 0 Å². The number of esters is 1. The van der Waals surface area contributed by atoms with Gasteiger partial charge in [-0.05, 0) is 36.3 Å². The highest BCUT2D eigenvalue weighted by Crippen LogP contribution is 2.36. The van der Waals surface area contributed by atoms with Crippen molar-refractivity contribution < 1.29 is 14.3 Å². The van der Waals surface area contributed by atoms with Crippen LogP contribution in [0.25, 0.3) is 16.2 Å². The molecule has 0 radical (unpaired) electrons. The minimum Gasteiger partial charge on any atom is -0.462 e. The number of halogens is 2. The van der Waals surface area contributed by atoms with Crippen LogP contribution in [0.2, 0.25) is 10.0 Å². The smallest absolute Gasteiger partial charge is 0.341 e. The Labute approximate surface area is 183 Å². The molecule has 1 N–H and O–H groups in total. The summed E-state index contributed by atoms with van der Waals surface area (Å²) in [4.78, 5) is 25.1. The standard InChI is InChI=1S/C22H19Cl2NO3S/c1-2-3-12-28-22(27)20-16-6-4-5-7-18(16)29-21(20)25-19(26)11-9-14-8-10-15(23)13-17(14)24/h4-11,13H,2-3,12H2,1H3,(H,25,26). The van der Waals surface area contributed by atoms with Gasteiger partial charge in [-0.3, -0.25) is 4.79 Å². The molecule has 0 spiro atoms. The molecule has 0 fully saturated rings. The van der Waals surface area contributed by atoms with Crippen LogP contribution >= 0.6 is 34.5 Å². The van der Waals surface area contributed by atoms with Crippen LogP contribution in [0.5, 0.6) is 0 Å². The molecular weight excluding hydrogens is 429 g/mol. The van der Waals surface area contributed by atoms with Gasteiger partial charge < -0.3 is 10.1 Å². The van der Waals surface area contributed by atoms with E-state index in [1.165, 1.54) is 17.4 Å². The Hall–Kier alpha value is -2.34. The minimum absolute atomic E-state index is 0.349. The first kappa shape index (κ1) is 21.4. The van der Waals surface area contributed by atoms with E-state index >= 15 is 0 Å². The second-order valence-corrected chi connectivity index (χ2v) is 8.18. The lowest BCUT2D eigenvalue weighted by molar-refractivity contribution is -0.111. The van der Waals surface area contributed by atoms with Gasteiger partial charge in [-0.25, -0.2) is 4.79 Å². The number of hydrogen-bond donors (Lipinski definition) is 1. The molecule has 4 nitrogen and oxygen atoms in total. The molecule has 0 unspecified atom stereocenters. The third-order valence-corrected chi connectivity index (χ3v) is 5.79. The molecule has 0 bridgehead atoms. The van der Waals surface area contributed by atoms with E-state index in [1.807, 2.05) is 31.2 Å². The Morgan fingerprint density at radius 2 is 1.97 bits per heavy atom. The lowest BCUT2D eigenvalue weighted by Gasteiger charge is -2.06. The number of anilines is 1. The van der Waals surface area contributed by atoms with E-state index < -0.39 is 5.97 Å². The molecule has 0 aliphatic heterocycles. The summed E-state index contributed by atoms with van der Waals surface area (Å²) < 4.78 is 6.28. The van der Waals surface area contributed by atoms with Gasteiger partial charge in [0, 0.05) is 26.2 Å². The molecule has 0 saturated heterocycles. The van der Waals surface area contributed by atoms with E-state index in [0.717, 1.165) is 22.9 Å². The molecule has 29 heavy (non-hydrogen) atoms. The van der Waals surface area contributed by atoms with Gasteiger partial charge in [-0.1, -0.05) is 60.8 Å². The summed E-state index contributed by atoms with van der Waals surface area (Å²) in [5.74, 6) is -0.805. The number of hydrogen-bond acceptors (Lipinski definition) is 4. The molecule has 3 aromatic rings. The summed E-state index contributed by atoms with van der Waals surface area (Å²) in [5.41, 5.74) is 1.05. The highest BCUT2D eigenvalue weighted by atomic mass is 35.5. The maximum Gasteiger partial charge on any atom is 0.341 e. The molecule has 0 aliphatic rings. The van der Waals surface area contributed by atoms with E-state index in [9.17, 15) is 9.59 Å². The molecule has 2 aromatic carbocycles. The van der Waals surface area contributed by atoms with Crippen LogP contribution in [0, 0.1) is 0 Å². The number of benzene rings is 2. The molecule has 150 valence electrons. The number of nitrogens with one attached hydrogen (secondary N) is 1. The first-order valence-electron chi connectivity index (χ1n) is 9.12. The molecule has 7 heteroatoms. The minimum atomic E-state index is -0.434. The summed E-state index contributed by atoms with van der Waals surface area (Å²) in [6.45, 7) is 2.38. The first-order chi connectivity index (χ1) is 14.0. The van der Waals surface area contributed by atoms with Gasteiger partial charge in [0.05, 0.1) is 6.61 Å². The van der Waals surface area contributed by atoms with Crippen molar-refractivity contribution in [1.29, 1.82) is 0 Å². The van der Waals surface area contributed by atoms with Crippen molar-refractivity contribution in [2.45, 2.75) is 19.8 Å². The number of rotatable bonds is 7. The number of ether oxygens (including phenoxy) is 1. The largest absolute Gasteiger partial charge is 0.462 e. The first-order valence-corrected chi connectivity index (χ1v) is 10.7.